The average molecular weight is 337 g/mol. The molecule has 4 nitrogen and oxygen atoms in total. The highest BCUT2D eigenvalue weighted by atomic mass is 16.3. The van der Waals surface area contributed by atoms with Crippen LogP contribution in [0, 0.1) is 0 Å². The summed E-state index contributed by atoms with van der Waals surface area (Å²) in [7, 11) is 0. The highest BCUT2D eigenvalue weighted by molar-refractivity contribution is 5.95. The Balaban J connectivity index is 1.85. The van der Waals surface area contributed by atoms with E-state index in [4.69, 9.17) is 0 Å². The van der Waals surface area contributed by atoms with E-state index in [1.165, 1.54) is 6.07 Å². The van der Waals surface area contributed by atoms with Crippen LogP contribution in [0.2, 0.25) is 0 Å². The lowest BCUT2D eigenvalue weighted by Crippen LogP contribution is -2.26. The maximum Gasteiger partial charge on any atom is 0.254 e. The number of amides is 1. The van der Waals surface area contributed by atoms with Gasteiger partial charge < -0.3 is 15.1 Å². The molecule has 2 aromatic carbocycles. The lowest BCUT2D eigenvalue weighted by Gasteiger charge is -2.25. The van der Waals surface area contributed by atoms with Crippen LogP contribution in [0.5, 0.6) is 5.75 Å². The predicted octanol–water partition coefficient (Wildman–Crippen LogP) is 3.72. The molecular weight excluding hydrogens is 314 g/mol. The summed E-state index contributed by atoms with van der Waals surface area (Å²) in [6.45, 7) is 6.47. The van der Waals surface area contributed by atoms with Crippen LogP contribution in [0.1, 0.15) is 46.8 Å². The number of hydrogen-bond donors (Lipinski definition) is 2. The van der Waals surface area contributed by atoms with Crippen LogP contribution in [0.4, 0.5) is 0 Å². The van der Waals surface area contributed by atoms with Gasteiger partial charge in [-0.3, -0.25) is 4.79 Å². The third-order valence-corrected chi connectivity index (χ3v) is 4.79. The molecule has 0 fully saturated rings. The summed E-state index contributed by atoms with van der Waals surface area (Å²) in [4.78, 5) is 14.6. The summed E-state index contributed by atoms with van der Waals surface area (Å²) in [6.07, 6.45) is 2.77. The molecule has 0 spiro atoms. The normalized spacial score (nSPS) is 15.5. The Kier molecular flexibility index (Phi) is 4.64. The molecule has 1 aliphatic rings. The third-order valence-electron chi connectivity index (χ3n) is 4.79. The zero-order valence-corrected chi connectivity index (χ0v) is 14.4. The Morgan fingerprint density at radius 3 is 2.48 bits per heavy atom. The zero-order valence-electron chi connectivity index (χ0n) is 14.4. The fourth-order valence-electron chi connectivity index (χ4n) is 3.28. The maximum absolute atomic E-state index is 12.9. The van der Waals surface area contributed by atoms with E-state index in [1.54, 1.807) is 30.0 Å². The molecule has 0 bridgehead atoms. The third kappa shape index (κ3) is 3.44. The quantitative estimate of drug-likeness (QED) is 0.818. The number of aromatic hydroxyl groups is 1. The summed E-state index contributed by atoms with van der Waals surface area (Å²) in [5.41, 5.74) is 1.94. The summed E-state index contributed by atoms with van der Waals surface area (Å²) in [5, 5.41) is 20.8. The standard InChI is InChI=1S/C21H23NO3/c1-3-4-11-21(2,25)18-12-15(9-10-19(18)23)20(24)22-13-16-7-5-6-8-17(16)14-22/h3,5-10,12,23,25H,1,4,11,13-14H2,2H3. The Hall–Kier alpha value is -2.59. The molecule has 3 rings (SSSR count). The number of fused-ring (bicyclic) bond motifs is 1. The second kappa shape index (κ2) is 6.73. The van der Waals surface area contributed by atoms with E-state index >= 15 is 0 Å². The van der Waals surface area contributed by atoms with Gasteiger partial charge >= 0.3 is 0 Å². The van der Waals surface area contributed by atoms with E-state index in [9.17, 15) is 15.0 Å². The first-order valence-electron chi connectivity index (χ1n) is 8.45. The minimum Gasteiger partial charge on any atom is -0.508 e. The molecule has 4 heteroatoms. The van der Waals surface area contributed by atoms with Gasteiger partial charge in [0.2, 0.25) is 0 Å². The van der Waals surface area contributed by atoms with Crippen molar-refractivity contribution < 1.29 is 15.0 Å². The SMILES string of the molecule is C=CCCC(C)(O)c1cc(C(=O)N2Cc3ccccc3C2)ccc1O. The number of benzene rings is 2. The topological polar surface area (TPSA) is 60.8 Å². The average Bonchev–Trinajstić information content (AvgIpc) is 3.04. The number of hydrogen-bond acceptors (Lipinski definition) is 3. The van der Waals surface area contributed by atoms with Crippen LogP contribution in [0.25, 0.3) is 0 Å². The largest absolute Gasteiger partial charge is 0.508 e. The fraction of sp³-hybridized carbons (Fsp3) is 0.286. The van der Waals surface area contributed by atoms with Gasteiger partial charge in [0, 0.05) is 24.2 Å². The molecule has 0 aliphatic carbocycles. The van der Waals surface area contributed by atoms with Crippen LogP contribution >= 0.6 is 0 Å². The monoisotopic (exact) mass is 337 g/mol. The van der Waals surface area contributed by atoms with Crippen LogP contribution in [0.3, 0.4) is 0 Å². The van der Waals surface area contributed by atoms with E-state index in [0.717, 1.165) is 11.1 Å². The Bertz CT molecular complexity index is 786. The Morgan fingerprint density at radius 1 is 1.24 bits per heavy atom. The highest BCUT2D eigenvalue weighted by Crippen LogP contribution is 2.34. The number of carbonyl (C=O) groups excluding carboxylic acids is 1. The lowest BCUT2D eigenvalue weighted by molar-refractivity contribution is 0.0462. The molecule has 2 aromatic rings. The fourth-order valence-corrected chi connectivity index (χ4v) is 3.28. The summed E-state index contributed by atoms with van der Waals surface area (Å²) < 4.78 is 0. The first kappa shape index (κ1) is 17.2. The summed E-state index contributed by atoms with van der Waals surface area (Å²) in [6, 6.07) is 12.7. The minimum absolute atomic E-state index is 0.00433. The molecule has 0 radical (unpaired) electrons. The molecule has 1 aliphatic heterocycles. The molecule has 0 aromatic heterocycles. The first-order chi connectivity index (χ1) is 11.9. The molecule has 2 N–H and O–H groups in total. The van der Waals surface area contributed by atoms with Gasteiger partial charge in [-0.15, -0.1) is 6.58 Å². The van der Waals surface area contributed by atoms with Crippen LogP contribution < -0.4 is 0 Å². The van der Waals surface area contributed by atoms with Crippen molar-refractivity contribution in [3.8, 4) is 5.75 Å². The number of phenols is 1. The number of aliphatic hydroxyl groups is 1. The molecule has 1 unspecified atom stereocenters. The van der Waals surface area contributed by atoms with E-state index in [-0.39, 0.29) is 11.7 Å². The second-order valence-electron chi connectivity index (χ2n) is 6.76. The number of rotatable bonds is 5. The smallest absolute Gasteiger partial charge is 0.254 e. The summed E-state index contributed by atoms with van der Waals surface area (Å²) in [5.74, 6) is -0.104. The molecule has 0 saturated heterocycles. The minimum atomic E-state index is -1.22. The van der Waals surface area contributed by atoms with Gasteiger partial charge in [-0.05, 0) is 49.1 Å². The number of phenolic OH excluding ortho intramolecular Hbond substituents is 1. The van der Waals surface area contributed by atoms with Crippen molar-refractivity contribution in [2.75, 3.05) is 0 Å². The Labute approximate surface area is 148 Å². The van der Waals surface area contributed by atoms with Crippen LogP contribution in [-0.2, 0) is 18.7 Å². The summed E-state index contributed by atoms with van der Waals surface area (Å²) >= 11 is 0. The molecule has 25 heavy (non-hydrogen) atoms. The molecule has 1 heterocycles. The van der Waals surface area contributed by atoms with Gasteiger partial charge in [0.05, 0.1) is 5.60 Å². The number of nitrogens with zero attached hydrogens (tertiary/aromatic N) is 1. The lowest BCUT2D eigenvalue weighted by atomic mass is 9.89. The first-order valence-corrected chi connectivity index (χ1v) is 8.45. The van der Waals surface area contributed by atoms with Crippen molar-refractivity contribution in [3.05, 3.63) is 77.4 Å². The molecule has 1 amide bonds. The molecule has 130 valence electrons. The van der Waals surface area contributed by atoms with Gasteiger partial charge in [0.15, 0.2) is 0 Å². The van der Waals surface area contributed by atoms with Crippen molar-refractivity contribution in [1.29, 1.82) is 0 Å². The molecular formula is C21H23NO3. The van der Waals surface area contributed by atoms with Crippen molar-refractivity contribution in [2.45, 2.75) is 38.5 Å². The van der Waals surface area contributed by atoms with E-state index < -0.39 is 5.60 Å². The predicted molar refractivity (Wildman–Crippen MR) is 97.1 cm³/mol. The number of allylic oxidation sites excluding steroid dienone is 1. The van der Waals surface area contributed by atoms with Crippen molar-refractivity contribution in [1.82, 2.24) is 4.90 Å². The van der Waals surface area contributed by atoms with Crippen molar-refractivity contribution in [2.24, 2.45) is 0 Å². The molecule has 1 atom stereocenters. The van der Waals surface area contributed by atoms with Crippen LogP contribution in [-0.4, -0.2) is 21.0 Å². The Morgan fingerprint density at radius 2 is 1.88 bits per heavy atom. The van der Waals surface area contributed by atoms with Crippen LogP contribution in [0.15, 0.2) is 55.1 Å². The van der Waals surface area contributed by atoms with E-state index in [1.807, 2.05) is 24.3 Å². The van der Waals surface area contributed by atoms with Gasteiger partial charge in [-0.25, -0.2) is 0 Å². The molecule has 0 saturated carbocycles. The van der Waals surface area contributed by atoms with Gasteiger partial charge in [-0.1, -0.05) is 30.3 Å². The van der Waals surface area contributed by atoms with Gasteiger partial charge in [0.1, 0.15) is 5.75 Å². The van der Waals surface area contributed by atoms with Gasteiger partial charge in [0.25, 0.3) is 5.91 Å². The van der Waals surface area contributed by atoms with E-state index in [2.05, 4.69) is 6.58 Å². The van der Waals surface area contributed by atoms with E-state index in [0.29, 0.717) is 37.1 Å². The van der Waals surface area contributed by atoms with Crippen molar-refractivity contribution >= 4 is 5.91 Å². The van der Waals surface area contributed by atoms with Crippen molar-refractivity contribution in [3.63, 3.8) is 0 Å². The number of carbonyl (C=O) groups is 1. The highest BCUT2D eigenvalue weighted by Gasteiger charge is 2.29. The zero-order chi connectivity index (χ0) is 18.0. The van der Waals surface area contributed by atoms with Gasteiger partial charge in [-0.2, -0.15) is 0 Å². The second-order valence-corrected chi connectivity index (χ2v) is 6.76. The maximum atomic E-state index is 12.9.